The molecule has 6 nitrogen and oxygen atoms in total. The molecule has 0 spiro atoms. The van der Waals surface area contributed by atoms with Crippen LogP contribution in [0.2, 0.25) is 0 Å². The van der Waals surface area contributed by atoms with E-state index in [1.807, 2.05) is 6.92 Å². The fourth-order valence-corrected chi connectivity index (χ4v) is 6.13. The number of benzene rings is 1. The van der Waals surface area contributed by atoms with Crippen LogP contribution in [0.5, 0.6) is 11.5 Å². The van der Waals surface area contributed by atoms with Gasteiger partial charge in [0.05, 0.1) is 6.10 Å². The van der Waals surface area contributed by atoms with E-state index in [0.717, 1.165) is 30.4 Å². The summed E-state index contributed by atoms with van der Waals surface area (Å²) in [6.07, 6.45) is -0.406. The fourth-order valence-electron chi connectivity index (χ4n) is 6.13. The van der Waals surface area contributed by atoms with Crippen molar-refractivity contribution in [2.75, 3.05) is 0 Å². The van der Waals surface area contributed by atoms with Gasteiger partial charge < -0.3 is 29.9 Å². The average molecular weight is 447 g/mol. The van der Waals surface area contributed by atoms with E-state index in [1.165, 1.54) is 16.7 Å². The molecule has 1 saturated heterocycles. The second kappa shape index (κ2) is 8.64. The van der Waals surface area contributed by atoms with Crippen LogP contribution in [0.15, 0.2) is 11.6 Å². The molecule has 1 unspecified atom stereocenters. The van der Waals surface area contributed by atoms with Crippen LogP contribution in [-0.4, -0.2) is 51.1 Å². The summed E-state index contributed by atoms with van der Waals surface area (Å²) in [6, 6.07) is 0. The molecular weight excluding hydrogens is 408 g/mol. The molecule has 0 aromatic heterocycles. The number of aliphatic hydroxyl groups excluding tert-OH is 3. The molecule has 0 amide bonds. The molecule has 178 valence electrons. The first-order valence-corrected chi connectivity index (χ1v) is 11.9. The molecule has 1 aromatic carbocycles. The van der Waals surface area contributed by atoms with Gasteiger partial charge in [-0.1, -0.05) is 25.5 Å². The third-order valence-electron chi connectivity index (χ3n) is 7.83. The van der Waals surface area contributed by atoms with Crippen LogP contribution in [0.1, 0.15) is 93.9 Å². The molecule has 9 atom stereocenters. The Bertz CT molecular complexity index is 904. The molecule has 32 heavy (non-hydrogen) atoms. The van der Waals surface area contributed by atoms with Crippen LogP contribution in [0.25, 0.3) is 0 Å². The van der Waals surface area contributed by atoms with E-state index in [9.17, 15) is 20.4 Å². The molecular formula is C26H38O6. The lowest BCUT2D eigenvalue weighted by Crippen LogP contribution is -2.58. The van der Waals surface area contributed by atoms with Crippen molar-refractivity contribution in [3.05, 3.63) is 33.9 Å². The van der Waals surface area contributed by atoms with E-state index in [0.29, 0.717) is 17.6 Å². The highest BCUT2D eigenvalue weighted by molar-refractivity contribution is 5.64. The Morgan fingerprint density at radius 1 is 0.969 bits per heavy atom. The normalized spacial score (nSPS) is 38.7. The monoisotopic (exact) mass is 446 g/mol. The van der Waals surface area contributed by atoms with Crippen LogP contribution < -0.4 is 4.74 Å². The number of ether oxygens (including phenoxy) is 2. The Morgan fingerprint density at radius 2 is 1.66 bits per heavy atom. The Labute approximate surface area is 190 Å². The summed E-state index contributed by atoms with van der Waals surface area (Å²) in [5.74, 6) is 1.79. The van der Waals surface area contributed by atoms with Gasteiger partial charge in [0.2, 0.25) is 6.29 Å². The van der Waals surface area contributed by atoms with Crippen molar-refractivity contribution in [1.29, 1.82) is 0 Å². The largest absolute Gasteiger partial charge is 0.504 e. The maximum atomic E-state index is 11.3. The molecule has 1 heterocycles. The van der Waals surface area contributed by atoms with Crippen LogP contribution in [0.3, 0.4) is 0 Å². The Hall–Kier alpha value is -1.60. The van der Waals surface area contributed by atoms with Gasteiger partial charge in [-0.25, -0.2) is 0 Å². The summed E-state index contributed by atoms with van der Waals surface area (Å²) in [5.41, 5.74) is 5.58. The zero-order valence-electron chi connectivity index (χ0n) is 20.0. The van der Waals surface area contributed by atoms with Crippen molar-refractivity contribution in [3.63, 3.8) is 0 Å². The Kier molecular flexibility index (Phi) is 6.36. The summed E-state index contributed by atoms with van der Waals surface area (Å²) in [4.78, 5) is 0. The van der Waals surface area contributed by atoms with E-state index in [1.54, 1.807) is 6.92 Å². The quantitative estimate of drug-likeness (QED) is 0.524. The molecule has 1 aliphatic heterocycles. The molecule has 4 rings (SSSR count). The molecule has 0 radical (unpaired) electrons. The summed E-state index contributed by atoms with van der Waals surface area (Å²) in [7, 11) is 0. The second-order valence-electron chi connectivity index (χ2n) is 10.5. The standard InChI is InChI=1S/C26H38O6/c1-11(2)9-16-10-13(4)17-8-7-12(3)18-20(17)19(16)14(5)21(27)25(18)32-26-24(30)23(29)22(28)15(6)31-26/h9,12-13,15-17,22-24,26-30H,7-8,10H2,1-6H3/t12-,13-,15-,16+,17?,22+,23+,24+,26-/m0/s1. The summed E-state index contributed by atoms with van der Waals surface area (Å²) < 4.78 is 11.8. The zero-order valence-corrected chi connectivity index (χ0v) is 20.0. The molecule has 4 N–H and O–H groups in total. The highest BCUT2D eigenvalue weighted by atomic mass is 16.7. The third kappa shape index (κ3) is 3.75. The highest BCUT2D eigenvalue weighted by Crippen LogP contribution is 2.58. The predicted molar refractivity (Wildman–Crippen MR) is 122 cm³/mol. The number of hydrogen-bond donors (Lipinski definition) is 4. The van der Waals surface area contributed by atoms with E-state index in [-0.39, 0.29) is 17.6 Å². The van der Waals surface area contributed by atoms with Crippen LogP contribution in [0, 0.1) is 12.8 Å². The van der Waals surface area contributed by atoms with Crippen LogP contribution in [0.4, 0.5) is 0 Å². The zero-order chi connectivity index (χ0) is 23.5. The van der Waals surface area contributed by atoms with Gasteiger partial charge in [-0.3, -0.25) is 0 Å². The van der Waals surface area contributed by atoms with Crippen LogP contribution in [-0.2, 0) is 4.74 Å². The summed E-state index contributed by atoms with van der Waals surface area (Å²) in [6.45, 7) is 12.3. The fraction of sp³-hybridized carbons (Fsp3) is 0.692. The van der Waals surface area contributed by atoms with Gasteiger partial charge in [0.15, 0.2) is 11.5 Å². The number of phenolic OH excluding ortho intramolecular Hbond substituents is 1. The predicted octanol–water partition coefficient (Wildman–Crippen LogP) is 3.98. The smallest absolute Gasteiger partial charge is 0.229 e. The molecule has 1 fully saturated rings. The van der Waals surface area contributed by atoms with Crippen molar-refractivity contribution in [1.82, 2.24) is 0 Å². The molecule has 6 heteroatoms. The number of rotatable bonds is 3. The number of allylic oxidation sites excluding steroid dienone is 2. The minimum absolute atomic E-state index is 0.0806. The first kappa shape index (κ1) is 23.6. The maximum Gasteiger partial charge on any atom is 0.229 e. The molecule has 0 saturated carbocycles. The van der Waals surface area contributed by atoms with E-state index in [4.69, 9.17) is 9.47 Å². The van der Waals surface area contributed by atoms with E-state index < -0.39 is 30.7 Å². The lowest BCUT2D eigenvalue weighted by Gasteiger charge is -2.44. The number of aliphatic hydroxyl groups is 3. The first-order valence-electron chi connectivity index (χ1n) is 11.9. The lowest BCUT2D eigenvalue weighted by atomic mass is 9.62. The van der Waals surface area contributed by atoms with E-state index >= 15 is 0 Å². The van der Waals surface area contributed by atoms with E-state index in [2.05, 4.69) is 33.8 Å². The van der Waals surface area contributed by atoms with Gasteiger partial charge in [0.1, 0.15) is 18.3 Å². The van der Waals surface area contributed by atoms with Gasteiger partial charge in [0.25, 0.3) is 0 Å². The van der Waals surface area contributed by atoms with Gasteiger partial charge in [-0.15, -0.1) is 0 Å². The van der Waals surface area contributed by atoms with Gasteiger partial charge in [-0.2, -0.15) is 0 Å². The van der Waals surface area contributed by atoms with Crippen molar-refractivity contribution in [2.24, 2.45) is 5.92 Å². The molecule has 1 aromatic rings. The number of hydrogen-bond acceptors (Lipinski definition) is 6. The van der Waals surface area contributed by atoms with Crippen molar-refractivity contribution >= 4 is 0 Å². The van der Waals surface area contributed by atoms with Crippen molar-refractivity contribution in [3.8, 4) is 11.5 Å². The highest BCUT2D eigenvalue weighted by Gasteiger charge is 2.46. The minimum atomic E-state index is -1.42. The van der Waals surface area contributed by atoms with Gasteiger partial charge in [-0.05, 0) is 81.4 Å². The lowest BCUT2D eigenvalue weighted by molar-refractivity contribution is -0.268. The van der Waals surface area contributed by atoms with Crippen LogP contribution >= 0.6 is 0 Å². The summed E-state index contributed by atoms with van der Waals surface area (Å²) in [5, 5.41) is 42.1. The Morgan fingerprint density at radius 3 is 2.31 bits per heavy atom. The number of phenols is 1. The SMILES string of the molecule is CC(C)=C[C@@H]1C[C@H](C)C2CC[C@H](C)c3c(O[C@@H]4O[C@@H](C)[C@@H](O)[C@@H](O)[C@H]4O)c(O)c(C)c1c32. The molecule has 0 bridgehead atoms. The maximum absolute atomic E-state index is 11.3. The second-order valence-corrected chi connectivity index (χ2v) is 10.5. The molecule has 3 aliphatic rings. The minimum Gasteiger partial charge on any atom is -0.504 e. The topological polar surface area (TPSA) is 99.4 Å². The average Bonchev–Trinajstić information content (AvgIpc) is 2.72. The molecule has 2 aliphatic carbocycles. The van der Waals surface area contributed by atoms with Crippen molar-refractivity contribution < 1.29 is 29.9 Å². The summed E-state index contributed by atoms with van der Waals surface area (Å²) >= 11 is 0. The van der Waals surface area contributed by atoms with Gasteiger partial charge in [0, 0.05) is 11.5 Å². The number of aromatic hydroxyl groups is 1. The van der Waals surface area contributed by atoms with Gasteiger partial charge >= 0.3 is 0 Å². The Balaban J connectivity index is 1.86. The first-order chi connectivity index (χ1) is 15.0. The van der Waals surface area contributed by atoms with Crippen molar-refractivity contribution in [2.45, 2.75) is 109 Å². The third-order valence-corrected chi connectivity index (χ3v) is 7.83.